The Kier molecular flexibility index (Phi) is 10.8. The fourth-order valence-corrected chi connectivity index (χ4v) is 7.61. The van der Waals surface area contributed by atoms with Crippen molar-refractivity contribution in [2.45, 2.75) is 44.7 Å². The summed E-state index contributed by atoms with van der Waals surface area (Å²) in [6.07, 6.45) is 6.50. The average Bonchev–Trinajstić information content (AvgIpc) is 3.75. The second-order valence-electron chi connectivity index (χ2n) is 13.7. The topological polar surface area (TPSA) is 96.3 Å². The number of H-pyrrole nitrogens is 2. The van der Waals surface area contributed by atoms with Gasteiger partial charge in [-0.15, -0.1) is 0 Å². The second-order valence-corrected chi connectivity index (χ2v) is 14.5. The third-order valence-electron chi connectivity index (χ3n) is 9.99. The molecule has 4 N–H and O–H groups in total. The van der Waals surface area contributed by atoms with Gasteiger partial charge in [-0.25, -0.2) is 4.39 Å². The van der Waals surface area contributed by atoms with Crippen molar-refractivity contribution in [1.82, 2.24) is 25.1 Å². The highest BCUT2D eigenvalue weighted by Gasteiger charge is 2.26. The van der Waals surface area contributed by atoms with Gasteiger partial charge < -0.3 is 25.5 Å². The van der Waals surface area contributed by atoms with Gasteiger partial charge in [-0.3, -0.25) is 14.5 Å². The maximum atomic E-state index is 13.7. The van der Waals surface area contributed by atoms with Crippen molar-refractivity contribution in [2.24, 2.45) is 0 Å². The molecular weight excluding hydrogens is 698 g/mol. The predicted molar refractivity (Wildman–Crippen MR) is 208 cm³/mol. The quantitative estimate of drug-likeness (QED) is 0.101. The van der Waals surface area contributed by atoms with E-state index in [4.69, 9.17) is 23.2 Å². The summed E-state index contributed by atoms with van der Waals surface area (Å²) >= 11 is 12.4. The van der Waals surface area contributed by atoms with Crippen LogP contribution in [0.3, 0.4) is 0 Å². The molecule has 0 aliphatic carbocycles. The summed E-state index contributed by atoms with van der Waals surface area (Å²) in [7, 11) is 0. The van der Waals surface area contributed by atoms with Crippen molar-refractivity contribution < 1.29 is 14.0 Å². The summed E-state index contributed by atoms with van der Waals surface area (Å²) in [5, 5.41) is 9.81. The van der Waals surface area contributed by atoms with Crippen molar-refractivity contribution in [1.29, 1.82) is 0 Å². The predicted octanol–water partition coefficient (Wildman–Crippen LogP) is 8.79. The zero-order chi connectivity index (χ0) is 36.2. The van der Waals surface area contributed by atoms with Gasteiger partial charge in [-0.1, -0.05) is 47.5 Å². The lowest BCUT2D eigenvalue weighted by Crippen LogP contribution is -2.49. The largest absolute Gasteiger partial charge is 0.361 e. The van der Waals surface area contributed by atoms with E-state index in [0.29, 0.717) is 35.5 Å². The maximum absolute atomic E-state index is 13.7. The molecule has 2 aromatic heterocycles. The molecule has 0 radical (unpaired) electrons. The zero-order valence-corrected chi connectivity index (χ0v) is 30.4. The number of para-hydroxylation sites is 1. The number of piperidine rings is 1. The molecule has 0 saturated carbocycles. The highest BCUT2D eigenvalue weighted by Crippen LogP contribution is 2.35. The SMILES string of the molecule is CC(=O)N(Cc1ccc(Cl)c(Cl)c1)C[C@@H](Cc1c[nH]c2ccccc12)NC(=O)CN1CCC(c2c[nH]c3ccc(Nc4ccc(F)cc4)cc23)CC1. The number of aromatic nitrogens is 2. The molecule has 52 heavy (non-hydrogen) atoms. The normalized spacial score (nSPS) is 14.5. The first-order chi connectivity index (χ1) is 25.2. The van der Waals surface area contributed by atoms with E-state index in [-0.39, 0.29) is 30.2 Å². The molecule has 0 bridgehead atoms. The van der Waals surface area contributed by atoms with Gasteiger partial charge in [0.15, 0.2) is 0 Å². The van der Waals surface area contributed by atoms with Gasteiger partial charge in [0, 0.05) is 65.6 Å². The maximum Gasteiger partial charge on any atom is 0.234 e. The minimum absolute atomic E-state index is 0.0649. The van der Waals surface area contributed by atoms with Crippen molar-refractivity contribution in [3.05, 3.63) is 130 Å². The number of carbonyl (C=O) groups excluding carboxylic acids is 2. The van der Waals surface area contributed by atoms with Crippen molar-refractivity contribution in [3.63, 3.8) is 0 Å². The molecular formula is C41H41Cl2FN6O2. The summed E-state index contributed by atoms with van der Waals surface area (Å²) < 4.78 is 13.4. The van der Waals surface area contributed by atoms with Crippen LogP contribution in [0.2, 0.25) is 10.0 Å². The molecule has 0 unspecified atom stereocenters. The first-order valence-electron chi connectivity index (χ1n) is 17.6. The number of rotatable bonds is 12. The van der Waals surface area contributed by atoms with Crippen LogP contribution in [0.4, 0.5) is 15.8 Å². The third kappa shape index (κ3) is 8.44. The van der Waals surface area contributed by atoms with Crippen LogP contribution in [0.5, 0.6) is 0 Å². The van der Waals surface area contributed by atoms with E-state index in [1.165, 1.54) is 23.1 Å². The number of likely N-dealkylation sites (tertiary alicyclic amines) is 1. The molecule has 1 aliphatic heterocycles. The number of amides is 2. The van der Waals surface area contributed by atoms with Crippen LogP contribution < -0.4 is 10.6 Å². The van der Waals surface area contributed by atoms with Crippen LogP contribution in [0.15, 0.2) is 97.3 Å². The molecule has 268 valence electrons. The van der Waals surface area contributed by atoms with E-state index in [0.717, 1.165) is 64.9 Å². The summed E-state index contributed by atoms with van der Waals surface area (Å²) in [4.78, 5) is 37.3. The number of halogens is 3. The number of carbonyl (C=O) groups is 2. The number of nitrogens with zero attached hydrogens (tertiary/aromatic N) is 2. The molecule has 0 spiro atoms. The Hall–Kier alpha value is -4.83. The van der Waals surface area contributed by atoms with Crippen LogP contribution in [0.1, 0.15) is 42.4 Å². The Morgan fingerprint density at radius 1 is 0.885 bits per heavy atom. The number of fused-ring (bicyclic) bond motifs is 2. The lowest BCUT2D eigenvalue weighted by molar-refractivity contribution is -0.131. The Morgan fingerprint density at radius 3 is 2.38 bits per heavy atom. The van der Waals surface area contributed by atoms with E-state index < -0.39 is 0 Å². The fraction of sp³-hybridized carbons (Fsp3) is 0.268. The molecule has 1 fully saturated rings. The first-order valence-corrected chi connectivity index (χ1v) is 18.3. The molecule has 3 heterocycles. The minimum atomic E-state index is -0.320. The molecule has 11 heteroatoms. The first kappa shape index (κ1) is 35.6. The van der Waals surface area contributed by atoms with Crippen LogP contribution in [-0.4, -0.2) is 63.8 Å². The Balaban J connectivity index is 1.00. The van der Waals surface area contributed by atoms with E-state index in [1.54, 1.807) is 36.1 Å². The van der Waals surface area contributed by atoms with Crippen LogP contribution in [0, 0.1) is 5.82 Å². The molecule has 2 amide bonds. The van der Waals surface area contributed by atoms with Crippen LogP contribution >= 0.6 is 23.2 Å². The number of anilines is 2. The molecule has 4 aromatic carbocycles. The van der Waals surface area contributed by atoms with Gasteiger partial charge in [-0.05, 0) is 116 Å². The van der Waals surface area contributed by atoms with E-state index in [2.05, 4.69) is 49.9 Å². The highest BCUT2D eigenvalue weighted by atomic mass is 35.5. The van der Waals surface area contributed by atoms with Gasteiger partial charge >= 0.3 is 0 Å². The van der Waals surface area contributed by atoms with Gasteiger partial charge in [0.1, 0.15) is 5.82 Å². The van der Waals surface area contributed by atoms with E-state index in [9.17, 15) is 14.0 Å². The van der Waals surface area contributed by atoms with Crippen molar-refractivity contribution in [3.8, 4) is 0 Å². The average molecular weight is 740 g/mol. The number of hydrogen-bond donors (Lipinski definition) is 4. The number of nitrogens with one attached hydrogen (secondary N) is 4. The molecule has 1 aliphatic rings. The standard InChI is InChI=1S/C41H41Cl2FN6O2/c1-26(51)50(23-27-6-12-37(42)38(43)18-27)24-33(19-29-21-45-39-5-3-2-4-34(29)39)48-41(52)25-49-16-14-28(15-17-49)36-22-46-40-13-11-32(20-35(36)40)47-31-9-7-30(44)8-10-31/h2-13,18,20-22,28,33,45-47H,14-17,19,23-25H2,1H3,(H,48,52)/t33-/m1/s1. The lowest BCUT2D eigenvalue weighted by Gasteiger charge is -2.32. The molecule has 6 aromatic rings. The summed E-state index contributed by atoms with van der Waals surface area (Å²) in [5.41, 5.74) is 7.08. The Labute approximate surface area is 312 Å². The van der Waals surface area contributed by atoms with Gasteiger partial charge in [0.05, 0.1) is 22.6 Å². The monoisotopic (exact) mass is 738 g/mol. The number of hydrogen-bond acceptors (Lipinski definition) is 4. The fourth-order valence-electron chi connectivity index (χ4n) is 7.29. The third-order valence-corrected chi connectivity index (χ3v) is 10.7. The molecule has 1 atom stereocenters. The Morgan fingerprint density at radius 2 is 1.62 bits per heavy atom. The number of benzene rings is 4. The van der Waals surface area contributed by atoms with Gasteiger partial charge in [0.2, 0.25) is 11.8 Å². The number of aromatic amines is 2. The summed E-state index contributed by atoms with van der Waals surface area (Å²) in [6.45, 7) is 4.09. The van der Waals surface area contributed by atoms with E-state index >= 15 is 0 Å². The Bertz CT molecular complexity index is 2190. The van der Waals surface area contributed by atoms with E-state index in [1.807, 2.05) is 36.5 Å². The van der Waals surface area contributed by atoms with Crippen LogP contribution in [0.25, 0.3) is 21.8 Å². The zero-order valence-electron chi connectivity index (χ0n) is 28.9. The van der Waals surface area contributed by atoms with Crippen molar-refractivity contribution >= 4 is 68.2 Å². The smallest absolute Gasteiger partial charge is 0.234 e. The second kappa shape index (κ2) is 15.8. The van der Waals surface area contributed by atoms with Gasteiger partial charge in [-0.2, -0.15) is 0 Å². The molecule has 1 saturated heterocycles. The summed E-state index contributed by atoms with van der Waals surface area (Å²) in [5.74, 6) is -0.0693. The lowest BCUT2D eigenvalue weighted by atomic mass is 9.89. The highest BCUT2D eigenvalue weighted by molar-refractivity contribution is 6.42. The molecule has 8 nitrogen and oxygen atoms in total. The summed E-state index contributed by atoms with van der Waals surface area (Å²) in [6, 6.07) is 25.7. The van der Waals surface area contributed by atoms with Crippen LogP contribution in [-0.2, 0) is 22.6 Å². The minimum Gasteiger partial charge on any atom is -0.361 e. The molecule has 7 rings (SSSR count). The van der Waals surface area contributed by atoms with Gasteiger partial charge in [0.25, 0.3) is 0 Å². The van der Waals surface area contributed by atoms with Crippen molar-refractivity contribution in [2.75, 3.05) is 31.5 Å².